The molecular weight excluding hydrogens is 1950 g/mol. The van der Waals surface area contributed by atoms with Gasteiger partial charge in [0.25, 0.3) is 12.2 Å². The minimum Gasteiger partial charge on any atom is -0.458 e. The van der Waals surface area contributed by atoms with Crippen LogP contribution in [0.15, 0.2) is 36.4 Å². The highest BCUT2D eigenvalue weighted by atomic mass is 19.4. The largest absolute Gasteiger partial charge is 0.458 e. The van der Waals surface area contributed by atoms with Gasteiger partial charge in [-0.1, -0.05) is 215 Å². The van der Waals surface area contributed by atoms with E-state index in [0.29, 0.717) is 50.0 Å². The van der Waals surface area contributed by atoms with Crippen molar-refractivity contribution in [2.45, 2.75) is 489 Å². The van der Waals surface area contributed by atoms with Crippen molar-refractivity contribution in [2.24, 2.45) is 84.7 Å². The number of hydrogen-bond donors (Lipinski definition) is 0. The van der Waals surface area contributed by atoms with Crippen LogP contribution in [0, 0.1) is 96.1 Å². The van der Waals surface area contributed by atoms with Gasteiger partial charge >= 0.3 is 84.4 Å². The first kappa shape index (κ1) is 127. The molecule has 0 aromatic heterocycles. The first-order valence-electron chi connectivity index (χ1n) is 53.3. The third-order valence-electron chi connectivity index (χ3n) is 33.9. The number of nitrogens with zero attached hydrogens (tertiary/aromatic N) is 1. The fourth-order valence-electron chi connectivity index (χ4n) is 20.8. The van der Waals surface area contributed by atoms with Crippen LogP contribution < -0.4 is 0 Å². The summed E-state index contributed by atoms with van der Waals surface area (Å²) in [7, 11) is 0. The zero-order valence-corrected chi connectivity index (χ0v) is 93.7. The Bertz CT molecular complexity index is 4700. The van der Waals surface area contributed by atoms with E-state index in [9.17, 15) is 106 Å². The summed E-state index contributed by atoms with van der Waals surface area (Å²) in [5.74, 6) is -9.77. The van der Waals surface area contributed by atoms with Gasteiger partial charge < -0.3 is 52.1 Å². The van der Waals surface area contributed by atoms with Gasteiger partial charge in [0.15, 0.2) is 16.2 Å². The second-order valence-corrected chi connectivity index (χ2v) is 50.2. The Morgan fingerprint density at radius 2 is 0.669 bits per heavy atom. The summed E-state index contributed by atoms with van der Waals surface area (Å²) in [5, 5.41) is 9.31. The van der Waals surface area contributed by atoms with Crippen LogP contribution >= 0.6 is 0 Å². The summed E-state index contributed by atoms with van der Waals surface area (Å²) >= 11 is 0. The molecule has 6 bridgehead atoms. The molecular formula is C114H169F12NO21. The van der Waals surface area contributed by atoms with E-state index in [0.717, 1.165) is 44.9 Å². The molecule has 4 heterocycles. The maximum absolute atomic E-state index is 12.8. The highest BCUT2D eigenvalue weighted by Gasteiger charge is 2.79. The van der Waals surface area contributed by atoms with Crippen molar-refractivity contribution in [2.75, 3.05) is 6.61 Å². The smallest absolute Gasteiger partial charge is 0.434 e. The second-order valence-electron chi connectivity index (χ2n) is 50.2. The Kier molecular flexibility index (Phi) is 40.2. The Morgan fingerprint density at radius 1 is 0.378 bits per heavy atom. The normalized spacial score (nSPS) is 27.0. The zero-order valence-electron chi connectivity index (χ0n) is 93.7. The van der Waals surface area contributed by atoms with E-state index < -0.39 is 178 Å². The number of fused-ring (bicyclic) bond motifs is 3. The van der Waals surface area contributed by atoms with Crippen LogP contribution in [0.3, 0.4) is 0 Å². The van der Waals surface area contributed by atoms with E-state index in [-0.39, 0.29) is 93.1 Å². The molecule has 7 aliphatic carbocycles. The van der Waals surface area contributed by atoms with Gasteiger partial charge in [-0.05, 0) is 258 Å². The summed E-state index contributed by atoms with van der Waals surface area (Å²) < 4.78 is 209. The average Bonchev–Trinajstić information content (AvgIpc) is 1.58. The number of rotatable bonds is 26. The van der Waals surface area contributed by atoms with Crippen molar-refractivity contribution in [3.8, 4) is 6.07 Å². The number of halogens is 12. The summed E-state index contributed by atoms with van der Waals surface area (Å²) in [4.78, 5) is 123. The molecule has 148 heavy (non-hydrogen) atoms. The van der Waals surface area contributed by atoms with E-state index in [4.69, 9.17) is 42.6 Å². The summed E-state index contributed by atoms with van der Waals surface area (Å²) in [5.41, 5.74) is 1.09. The highest BCUT2D eigenvalue weighted by Crippen LogP contribution is 2.67. The van der Waals surface area contributed by atoms with Gasteiger partial charge in [-0.25, -0.2) is 0 Å². The average molecular weight is 2120 g/mol. The fourth-order valence-corrected chi connectivity index (χ4v) is 20.8. The van der Waals surface area contributed by atoms with Crippen molar-refractivity contribution in [1.82, 2.24) is 0 Å². The van der Waals surface area contributed by atoms with Gasteiger partial charge in [-0.15, -0.1) is 0 Å². The number of carbonyl (C=O) groups excluding carboxylic acids is 10. The molecule has 18 unspecified atom stereocenters. The lowest BCUT2D eigenvalue weighted by Crippen LogP contribution is -2.51. The molecule has 22 nitrogen and oxygen atoms in total. The molecule has 0 radical (unpaired) electrons. The lowest BCUT2D eigenvalue weighted by atomic mass is 9.73. The number of alkyl halides is 12. The molecule has 2 aromatic carbocycles. The fraction of sp³-hybridized carbons (Fsp3) is 0.798. The number of hydrogen-bond acceptors (Lipinski definition) is 22. The highest BCUT2D eigenvalue weighted by molar-refractivity contribution is 6.04. The van der Waals surface area contributed by atoms with E-state index >= 15 is 0 Å². The van der Waals surface area contributed by atoms with Crippen LogP contribution in [-0.4, -0.2) is 152 Å². The Morgan fingerprint density at radius 3 is 0.946 bits per heavy atom. The minimum atomic E-state index is -5.89. The van der Waals surface area contributed by atoms with Crippen molar-refractivity contribution < 1.29 is 153 Å². The Balaban J connectivity index is 0.000000238. The van der Waals surface area contributed by atoms with Gasteiger partial charge in [-0.3, -0.25) is 47.9 Å². The standard InChI is InChI=1S/2C18H20F6O6.2C18H30.C17H32O2.C15H19NO4.C10H18O3/c2*1-4-15(2,3)12(25)28-9-7-5-8-10(9)29-13(26)16(8,6-7)14(27)30-11(17(19,20)21)18(22,23)24;2*1-9-13(2)14-10-15(17(3,4)5)12-16(11-14)18(6,7)8;1-6-16(4,5)15(18)19-17(7-2,8-3)14-12-10-9-11-13-14;1-4-14(2,3)12(17)19-10-8-5-9-11(10)20-13(18)15(9,6-8)7-16;1-4-10(2,3)9(11)13-8-6-5-7-12-8/h2*7-11H,4-6H2,1-3H3;2*10-13H,9H2,1-8H3;14H,6-13H2,1-5H3;8-11H,4-6H2,1-3H3;8H,4-7H2,1-3H3. The Labute approximate surface area is 869 Å². The maximum Gasteiger partial charge on any atom is 0.434 e. The van der Waals surface area contributed by atoms with Crippen LogP contribution in [-0.2, 0) is 122 Å². The van der Waals surface area contributed by atoms with E-state index in [2.05, 4.69) is 183 Å². The van der Waals surface area contributed by atoms with Crippen molar-refractivity contribution in [1.29, 1.82) is 5.26 Å². The van der Waals surface area contributed by atoms with Gasteiger partial charge in [0.05, 0.1) is 39.8 Å². The van der Waals surface area contributed by atoms with Gasteiger partial charge in [0.2, 0.25) is 6.29 Å². The third-order valence-corrected chi connectivity index (χ3v) is 33.9. The number of benzene rings is 2. The first-order valence-corrected chi connectivity index (χ1v) is 53.3. The monoisotopic (exact) mass is 2120 g/mol. The molecule has 18 atom stereocenters. The summed E-state index contributed by atoms with van der Waals surface area (Å²) in [6.45, 7) is 69.4. The van der Waals surface area contributed by atoms with Crippen molar-refractivity contribution >= 4 is 59.7 Å². The van der Waals surface area contributed by atoms with Crippen molar-refractivity contribution in [3.05, 3.63) is 69.8 Å². The Hall–Kier alpha value is -8.25. The molecule has 7 saturated carbocycles. The molecule has 13 rings (SSSR count). The predicted molar refractivity (Wildman–Crippen MR) is 531 cm³/mol. The lowest BCUT2D eigenvalue weighted by molar-refractivity contribution is -0.316. The van der Waals surface area contributed by atoms with Crippen LogP contribution in [0.4, 0.5) is 52.7 Å². The van der Waals surface area contributed by atoms with E-state index in [1.807, 2.05) is 55.4 Å². The van der Waals surface area contributed by atoms with Crippen LogP contribution in [0.2, 0.25) is 0 Å². The molecule has 34 heteroatoms. The predicted octanol–water partition coefficient (Wildman–Crippen LogP) is 27.3. The minimum absolute atomic E-state index is 0.00993. The molecule has 840 valence electrons. The van der Waals surface area contributed by atoms with E-state index in [1.54, 1.807) is 41.5 Å². The molecule has 0 N–H and O–H groups in total. The number of ether oxygens (including phenoxy) is 11. The van der Waals surface area contributed by atoms with Crippen LogP contribution in [0.5, 0.6) is 0 Å². The van der Waals surface area contributed by atoms with E-state index in [1.165, 1.54) is 78.3 Å². The molecule has 0 amide bonds. The molecule has 0 spiro atoms. The van der Waals surface area contributed by atoms with Gasteiger partial charge in [0.1, 0.15) is 42.2 Å². The quantitative estimate of drug-likeness (QED) is 0.0366. The molecule has 4 aliphatic heterocycles. The number of esters is 10. The molecule has 11 fully saturated rings. The molecule has 4 saturated heterocycles. The molecule has 2 aromatic rings. The van der Waals surface area contributed by atoms with Crippen LogP contribution in [0.1, 0.15) is 415 Å². The van der Waals surface area contributed by atoms with Crippen molar-refractivity contribution in [3.63, 3.8) is 0 Å². The van der Waals surface area contributed by atoms with Gasteiger partial charge in [-0.2, -0.15) is 57.9 Å². The van der Waals surface area contributed by atoms with Gasteiger partial charge in [0, 0.05) is 41.9 Å². The van der Waals surface area contributed by atoms with Crippen LogP contribution in [0.25, 0.3) is 0 Å². The summed E-state index contributed by atoms with van der Waals surface area (Å²) in [6.07, 6.45) is -21.1. The number of nitriles is 1. The SMILES string of the molecule is CCC(C)(C)C(=O)OC(CC)(CC)C1CCCCC1.CCC(C)(C)C(=O)OC1C2CC3C1OC(=O)C3(C#N)C2.CCC(C)(C)C(=O)OC1C2CC3C1OC(=O)C3(C(=O)OC(C(F)(F)F)C(F)(F)F)C2.CCC(C)(C)C(=O)OC1C2CC3C1OC(=O)C3(C(=O)OC(C(F)(F)F)C(F)(F)F)C2.CCC(C)(C)C(=O)OC1CCCO1.CCC(C)c1cc(C(C)(C)C)cc(C(C)(C)C)c1.CCC(C)c1cc(C(C)(C)C)cc(C(C)(C)C)c1. The zero-order chi connectivity index (χ0) is 113. The lowest BCUT2D eigenvalue weighted by Gasteiger charge is -2.42. The number of carbonyl (C=O) groups is 10. The second kappa shape index (κ2) is 47.0. The maximum atomic E-state index is 12.8. The molecule has 11 aliphatic rings. The third kappa shape index (κ3) is 28.1. The topological polar surface area (TPSA) is 296 Å². The first-order chi connectivity index (χ1) is 67.5. The summed E-state index contributed by atoms with van der Waals surface area (Å²) in [6, 6.07) is 16.6.